The van der Waals surface area contributed by atoms with Gasteiger partial charge in [-0.3, -0.25) is 15.0 Å². The minimum absolute atomic E-state index is 0.203. The van der Waals surface area contributed by atoms with E-state index in [9.17, 15) is 4.39 Å². The van der Waals surface area contributed by atoms with Gasteiger partial charge in [-0.25, -0.2) is 9.37 Å². The van der Waals surface area contributed by atoms with Gasteiger partial charge in [0.2, 0.25) is 0 Å². The normalized spacial score (nSPS) is 18.8. The van der Waals surface area contributed by atoms with E-state index in [0.29, 0.717) is 0 Å². The Morgan fingerprint density at radius 1 is 0.938 bits per heavy atom. The van der Waals surface area contributed by atoms with Gasteiger partial charge in [-0.15, -0.1) is 0 Å². The number of benzene rings is 2. The molecule has 6 rings (SSSR count). The summed E-state index contributed by atoms with van der Waals surface area (Å²) in [6, 6.07) is 11.2. The predicted molar refractivity (Wildman–Crippen MR) is 126 cm³/mol. The number of hydrogen-bond acceptors (Lipinski definition) is 4. The third-order valence-electron chi connectivity index (χ3n) is 6.72. The average Bonchev–Trinajstić information content (AvgIpc) is 3.21. The van der Waals surface area contributed by atoms with Crippen LogP contribution in [0.25, 0.3) is 11.8 Å². The molecular formula is C26H26FN5. The van der Waals surface area contributed by atoms with Gasteiger partial charge in [-0.2, -0.15) is 0 Å². The highest BCUT2D eigenvalue weighted by molar-refractivity contribution is 6.04. The van der Waals surface area contributed by atoms with Gasteiger partial charge in [-0.05, 0) is 91.3 Å². The van der Waals surface area contributed by atoms with Crippen LogP contribution in [0.15, 0.2) is 59.5 Å². The van der Waals surface area contributed by atoms with Gasteiger partial charge in [0.1, 0.15) is 11.7 Å². The first kappa shape index (κ1) is 19.3. The molecule has 0 atom stereocenters. The summed E-state index contributed by atoms with van der Waals surface area (Å²) in [5, 5.41) is 4.53. The summed E-state index contributed by atoms with van der Waals surface area (Å²) < 4.78 is 15.6. The molecule has 0 radical (unpaired) electrons. The molecule has 1 saturated heterocycles. The molecule has 2 aromatic carbocycles. The van der Waals surface area contributed by atoms with Crippen molar-refractivity contribution in [1.82, 2.24) is 14.6 Å². The van der Waals surface area contributed by atoms with Gasteiger partial charge in [0.15, 0.2) is 0 Å². The van der Waals surface area contributed by atoms with Gasteiger partial charge in [-0.1, -0.05) is 6.07 Å². The number of aryl methyl sites for hydroxylation is 1. The molecule has 0 amide bonds. The summed E-state index contributed by atoms with van der Waals surface area (Å²) in [4.78, 5) is 9.30. The summed E-state index contributed by atoms with van der Waals surface area (Å²) in [6.07, 6.45) is 10.7. The van der Waals surface area contributed by atoms with Crippen molar-refractivity contribution in [2.24, 2.45) is 4.99 Å². The molecule has 162 valence electrons. The van der Waals surface area contributed by atoms with E-state index in [-0.39, 0.29) is 5.82 Å². The standard InChI is InChI=1S/C26H26FN5/c1-18-16-30(17-29-18)25-11-4-19(23-9-10-24(23)25)15-20-3-2-13-32-26(20)28-12-14-31(32)22-7-5-21(27)6-8-22/h4-8,11,15-17H,2-3,9-10,12-14H2,1H3. The van der Waals surface area contributed by atoms with Crippen LogP contribution in [0.5, 0.6) is 0 Å². The Kier molecular flexibility index (Phi) is 4.59. The summed E-state index contributed by atoms with van der Waals surface area (Å²) in [5.74, 6) is 0.861. The van der Waals surface area contributed by atoms with E-state index in [2.05, 4.69) is 44.0 Å². The number of halogens is 1. The molecule has 0 saturated carbocycles. The summed E-state index contributed by atoms with van der Waals surface area (Å²) in [7, 11) is 0. The van der Waals surface area contributed by atoms with Crippen molar-refractivity contribution in [3.05, 3.63) is 82.7 Å². The minimum Gasteiger partial charge on any atom is -0.306 e. The van der Waals surface area contributed by atoms with Crippen LogP contribution in [0, 0.1) is 12.7 Å². The summed E-state index contributed by atoms with van der Waals surface area (Å²) in [6.45, 7) is 4.52. The van der Waals surface area contributed by atoms with Crippen LogP contribution >= 0.6 is 0 Å². The van der Waals surface area contributed by atoms with Crippen LogP contribution in [-0.4, -0.2) is 40.0 Å². The molecule has 3 aromatic rings. The van der Waals surface area contributed by atoms with Gasteiger partial charge in [0.05, 0.1) is 30.8 Å². The van der Waals surface area contributed by atoms with Crippen molar-refractivity contribution in [3.8, 4) is 5.69 Å². The van der Waals surface area contributed by atoms with Crippen molar-refractivity contribution >= 4 is 17.6 Å². The van der Waals surface area contributed by atoms with Crippen LogP contribution in [0.4, 0.5) is 10.1 Å². The maximum atomic E-state index is 13.4. The van der Waals surface area contributed by atoms with E-state index < -0.39 is 0 Å². The van der Waals surface area contributed by atoms with Crippen LogP contribution in [0.2, 0.25) is 0 Å². The Hall–Kier alpha value is -3.41. The number of anilines is 1. The third kappa shape index (κ3) is 3.22. The Bertz CT molecular complexity index is 1240. The lowest BCUT2D eigenvalue weighted by atomic mass is 9.82. The maximum absolute atomic E-state index is 13.4. The predicted octanol–water partition coefficient (Wildman–Crippen LogP) is 4.73. The largest absolute Gasteiger partial charge is 0.306 e. The topological polar surface area (TPSA) is 36.7 Å². The third-order valence-corrected chi connectivity index (χ3v) is 6.72. The first-order chi connectivity index (χ1) is 15.7. The fourth-order valence-electron chi connectivity index (χ4n) is 5.07. The molecule has 3 aliphatic rings. The number of amidine groups is 1. The van der Waals surface area contributed by atoms with Crippen LogP contribution in [0.3, 0.4) is 0 Å². The van der Waals surface area contributed by atoms with Crippen molar-refractivity contribution < 1.29 is 4.39 Å². The molecule has 1 aromatic heterocycles. The number of hydrazine groups is 1. The van der Waals surface area contributed by atoms with Crippen LogP contribution in [0.1, 0.15) is 35.2 Å². The number of piperidine rings is 1. The number of rotatable bonds is 3. The van der Waals surface area contributed by atoms with E-state index in [0.717, 1.165) is 62.5 Å². The van der Waals surface area contributed by atoms with E-state index in [1.165, 1.54) is 40.1 Å². The molecule has 5 nitrogen and oxygen atoms in total. The lowest BCUT2D eigenvalue weighted by Gasteiger charge is -2.44. The fourth-order valence-corrected chi connectivity index (χ4v) is 5.07. The minimum atomic E-state index is -0.203. The first-order valence-corrected chi connectivity index (χ1v) is 11.4. The molecule has 32 heavy (non-hydrogen) atoms. The SMILES string of the molecule is Cc1cn(-c2ccc(C=C3CCCN4C3=NCCN4c3ccc(F)cc3)c3c2CC3)cn1. The highest BCUT2D eigenvalue weighted by Crippen LogP contribution is 2.35. The molecule has 0 spiro atoms. The molecule has 0 bridgehead atoms. The zero-order chi connectivity index (χ0) is 21.7. The van der Waals surface area contributed by atoms with E-state index in [1.54, 1.807) is 0 Å². The van der Waals surface area contributed by atoms with Crippen molar-refractivity contribution in [3.63, 3.8) is 0 Å². The second-order valence-electron chi connectivity index (χ2n) is 8.75. The molecule has 1 aliphatic carbocycles. The zero-order valence-electron chi connectivity index (χ0n) is 18.3. The quantitative estimate of drug-likeness (QED) is 0.606. The molecule has 6 heteroatoms. The maximum Gasteiger partial charge on any atom is 0.145 e. The van der Waals surface area contributed by atoms with Crippen molar-refractivity contribution in [1.29, 1.82) is 0 Å². The molecule has 0 N–H and O–H groups in total. The number of imidazole rings is 1. The van der Waals surface area contributed by atoms with Gasteiger partial charge >= 0.3 is 0 Å². The number of fused-ring (bicyclic) bond motifs is 2. The van der Waals surface area contributed by atoms with Gasteiger partial charge in [0, 0.05) is 18.4 Å². The number of nitrogens with zero attached hydrogens (tertiary/aromatic N) is 5. The second kappa shape index (κ2) is 7.62. The monoisotopic (exact) mass is 427 g/mol. The van der Waals surface area contributed by atoms with Gasteiger partial charge < -0.3 is 4.57 Å². The zero-order valence-corrected chi connectivity index (χ0v) is 18.3. The van der Waals surface area contributed by atoms with E-state index in [1.807, 2.05) is 25.4 Å². The Balaban J connectivity index is 1.33. The highest BCUT2D eigenvalue weighted by atomic mass is 19.1. The fraction of sp³-hybridized carbons (Fsp3) is 0.308. The summed E-state index contributed by atoms with van der Waals surface area (Å²) >= 11 is 0. The Morgan fingerprint density at radius 3 is 2.53 bits per heavy atom. The van der Waals surface area contributed by atoms with E-state index in [4.69, 9.17) is 4.99 Å². The van der Waals surface area contributed by atoms with Crippen LogP contribution < -0.4 is 5.01 Å². The number of aliphatic imine (C=N–C) groups is 1. The van der Waals surface area contributed by atoms with Crippen LogP contribution in [-0.2, 0) is 12.8 Å². The Morgan fingerprint density at radius 2 is 1.78 bits per heavy atom. The molecular weight excluding hydrogens is 401 g/mol. The lowest BCUT2D eigenvalue weighted by Crippen LogP contribution is -2.53. The average molecular weight is 428 g/mol. The van der Waals surface area contributed by atoms with Gasteiger partial charge in [0.25, 0.3) is 0 Å². The second-order valence-corrected chi connectivity index (χ2v) is 8.75. The first-order valence-electron chi connectivity index (χ1n) is 11.4. The molecule has 1 fully saturated rings. The highest BCUT2D eigenvalue weighted by Gasteiger charge is 2.30. The van der Waals surface area contributed by atoms with Crippen molar-refractivity contribution in [2.45, 2.75) is 32.6 Å². The summed E-state index contributed by atoms with van der Waals surface area (Å²) in [5.41, 5.74) is 8.79. The smallest absolute Gasteiger partial charge is 0.145 e. The Labute approximate surface area is 187 Å². The van der Waals surface area contributed by atoms with Crippen molar-refractivity contribution in [2.75, 3.05) is 24.6 Å². The molecule has 0 unspecified atom stereocenters. The number of aromatic nitrogens is 2. The molecule has 2 aliphatic heterocycles. The van der Waals surface area contributed by atoms with E-state index >= 15 is 0 Å². The number of hydrogen-bond donors (Lipinski definition) is 0. The molecule has 3 heterocycles. The lowest BCUT2D eigenvalue weighted by molar-refractivity contribution is 0.348.